The molecule has 1 aliphatic heterocycles. The summed E-state index contributed by atoms with van der Waals surface area (Å²) < 4.78 is 24.1. The lowest BCUT2D eigenvalue weighted by Gasteiger charge is -2.21. The van der Waals surface area contributed by atoms with Crippen LogP contribution in [0.3, 0.4) is 0 Å². The molecule has 0 unspecified atom stereocenters. The maximum Gasteiger partial charge on any atom is 0.272 e. The number of rotatable bonds is 8. The van der Waals surface area contributed by atoms with Crippen molar-refractivity contribution in [2.24, 2.45) is 0 Å². The van der Waals surface area contributed by atoms with Crippen LogP contribution in [0.4, 0.5) is 4.39 Å². The van der Waals surface area contributed by atoms with Crippen LogP contribution in [0.2, 0.25) is 10.0 Å². The molecule has 0 aliphatic carbocycles. The Morgan fingerprint density at radius 1 is 1.22 bits per heavy atom. The van der Waals surface area contributed by atoms with Crippen LogP contribution in [0.25, 0.3) is 0 Å². The molecule has 0 radical (unpaired) electrons. The fourth-order valence-electron chi connectivity index (χ4n) is 2.95. The molecule has 168 valence electrons. The van der Waals surface area contributed by atoms with Crippen LogP contribution < -0.4 is 20.1 Å². The van der Waals surface area contributed by atoms with Crippen LogP contribution >= 0.6 is 23.2 Å². The second kappa shape index (κ2) is 9.58. The normalized spacial score (nSPS) is 16.7. The fourth-order valence-corrected chi connectivity index (χ4v) is 3.24. The van der Waals surface area contributed by atoms with Crippen LogP contribution in [-0.4, -0.2) is 36.4 Å². The quantitative estimate of drug-likeness (QED) is 0.562. The van der Waals surface area contributed by atoms with Crippen molar-refractivity contribution in [2.45, 2.75) is 18.9 Å². The summed E-state index contributed by atoms with van der Waals surface area (Å²) in [6.07, 6.45) is 0.204. The van der Waals surface area contributed by atoms with Crippen molar-refractivity contribution in [1.29, 1.82) is 0 Å². The predicted octanol–water partition coefficient (Wildman–Crippen LogP) is 3.68. The zero-order valence-electron chi connectivity index (χ0n) is 17.0. The lowest BCUT2D eigenvalue weighted by atomic mass is 9.96. The molecular weight excluding hydrogens is 462 g/mol. The molecule has 0 saturated heterocycles. The molecule has 2 N–H and O–H groups in total. The Morgan fingerprint density at radius 3 is 2.69 bits per heavy atom. The first-order valence-electron chi connectivity index (χ1n) is 9.47. The molecule has 0 aromatic heterocycles. The molecule has 3 rings (SSSR count). The highest BCUT2D eigenvalue weighted by molar-refractivity contribution is 6.31. The number of carbonyl (C=O) groups is 3. The zero-order chi connectivity index (χ0) is 23.5. The van der Waals surface area contributed by atoms with Gasteiger partial charge < -0.3 is 20.1 Å². The summed E-state index contributed by atoms with van der Waals surface area (Å²) in [5.41, 5.74) is -1.15. The maximum atomic E-state index is 13.4. The molecule has 1 atom stereocenters. The number of nitrogens with one attached hydrogen (secondary N) is 2. The van der Waals surface area contributed by atoms with E-state index in [0.29, 0.717) is 10.7 Å². The van der Waals surface area contributed by atoms with Crippen molar-refractivity contribution in [3.05, 3.63) is 70.1 Å². The van der Waals surface area contributed by atoms with Crippen LogP contribution in [-0.2, 0) is 9.59 Å². The first kappa shape index (κ1) is 23.6. The number of fused-ring (bicyclic) bond motifs is 1. The number of hydrogen-bond acceptors (Lipinski definition) is 5. The molecule has 0 spiro atoms. The minimum Gasteiger partial charge on any atom is -0.484 e. The average molecular weight is 481 g/mol. The molecule has 0 saturated carbocycles. The highest BCUT2D eigenvalue weighted by Crippen LogP contribution is 2.36. The number of ketones is 1. The third kappa shape index (κ3) is 5.20. The van der Waals surface area contributed by atoms with E-state index < -0.39 is 29.0 Å². The molecule has 2 aromatic rings. The van der Waals surface area contributed by atoms with Crippen molar-refractivity contribution in [3.63, 3.8) is 0 Å². The second-order valence-corrected chi connectivity index (χ2v) is 7.97. The summed E-state index contributed by atoms with van der Waals surface area (Å²) in [4.78, 5) is 37.2. The Hall–Kier alpha value is -3.10. The van der Waals surface area contributed by atoms with Crippen LogP contribution in [0.5, 0.6) is 11.5 Å². The van der Waals surface area contributed by atoms with Gasteiger partial charge in [-0.2, -0.15) is 0 Å². The number of ether oxygens (including phenoxy) is 2. The number of carbonyl (C=O) groups excluding carboxylic acids is 3. The van der Waals surface area contributed by atoms with Gasteiger partial charge in [0.1, 0.15) is 17.3 Å². The highest BCUT2D eigenvalue weighted by Gasteiger charge is 2.50. The summed E-state index contributed by atoms with van der Waals surface area (Å²) in [5, 5.41) is 5.43. The molecule has 10 heteroatoms. The topological polar surface area (TPSA) is 93.7 Å². The predicted molar refractivity (Wildman–Crippen MR) is 117 cm³/mol. The van der Waals surface area contributed by atoms with E-state index in [1.165, 1.54) is 31.2 Å². The number of hydrogen-bond donors (Lipinski definition) is 2. The van der Waals surface area contributed by atoms with Crippen LogP contribution in [0.15, 0.2) is 48.7 Å². The zero-order valence-corrected chi connectivity index (χ0v) is 18.5. The third-order valence-electron chi connectivity index (χ3n) is 4.66. The third-order valence-corrected chi connectivity index (χ3v) is 5.20. The summed E-state index contributed by atoms with van der Waals surface area (Å²) in [7, 11) is 0. The molecule has 2 amide bonds. The summed E-state index contributed by atoms with van der Waals surface area (Å²) in [6, 6.07) is 8.37. The Bertz CT molecular complexity index is 1110. The van der Waals surface area contributed by atoms with E-state index in [4.69, 9.17) is 32.7 Å². The van der Waals surface area contributed by atoms with Crippen LogP contribution in [0, 0.1) is 5.82 Å². The van der Waals surface area contributed by atoms with Gasteiger partial charge in [-0.25, -0.2) is 4.39 Å². The Balaban J connectivity index is 1.43. The van der Waals surface area contributed by atoms with E-state index in [-0.39, 0.29) is 41.7 Å². The van der Waals surface area contributed by atoms with Crippen molar-refractivity contribution < 1.29 is 28.2 Å². The molecule has 1 aliphatic rings. The van der Waals surface area contributed by atoms with Gasteiger partial charge in [0.15, 0.2) is 6.61 Å². The number of Topliss-reactive ketones (excluding diaryl/α,β-unsaturated/α-hetero) is 1. The lowest BCUT2D eigenvalue weighted by Crippen LogP contribution is -2.52. The summed E-state index contributed by atoms with van der Waals surface area (Å²) in [6.45, 7) is 4.83. The molecule has 1 heterocycles. The van der Waals surface area contributed by atoms with Crippen molar-refractivity contribution in [2.75, 3.05) is 13.2 Å². The average Bonchev–Trinajstić information content (AvgIpc) is 3.00. The number of benzene rings is 2. The maximum absolute atomic E-state index is 13.4. The molecular formula is C22H19Cl2FN2O5. The van der Waals surface area contributed by atoms with E-state index in [1.807, 2.05) is 0 Å². The second-order valence-electron chi connectivity index (χ2n) is 7.13. The minimum absolute atomic E-state index is 0.0523. The monoisotopic (exact) mass is 480 g/mol. The Morgan fingerprint density at radius 2 is 1.97 bits per heavy atom. The molecule has 7 nitrogen and oxygen atoms in total. The molecule has 2 aromatic carbocycles. The fraction of sp³-hybridized carbons (Fsp3) is 0.227. The first-order valence-corrected chi connectivity index (χ1v) is 10.2. The Kier molecular flexibility index (Phi) is 7.06. The van der Waals surface area contributed by atoms with E-state index in [2.05, 4.69) is 17.2 Å². The lowest BCUT2D eigenvalue weighted by molar-refractivity contribution is -0.131. The van der Waals surface area contributed by atoms with Crippen molar-refractivity contribution >= 4 is 40.8 Å². The van der Waals surface area contributed by atoms with Gasteiger partial charge in [-0.3, -0.25) is 14.4 Å². The van der Waals surface area contributed by atoms with Gasteiger partial charge in [-0.1, -0.05) is 29.8 Å². The van der Waals surface area contributed by atoms with Gasteiger partial charge in [-0.15, -0.1) is 0 Å². The number of halogens is 3. The van der Waals surface area contributed by atoms with Gasteiger partial charge in [-0.05, 0) is 37.3 Å². The summed E-state index contributed by atoms with van der Waals surface area (Å²) in [5.74, 6) is -1.84. The number of amides is 2. The molecule has 0 fully saturated rings. The van der Waals surface area contributed by atoms with E-state index >= 15 is 0 Å². The van der Waals surface area contributed by atoms with E-state index in [9.17, 15) is 18.8 Å². The van der Waals surface area contributed by atoms with Crippen LogP contribution in [0.1, 0.15) is 23.7 Å². The first-order chi connectivity index (χ1) is 15.1. The summed E-state index contributed by atoms with van der Waals surface area (Å²) >= 11 is 11.5. The highest BCUT2D eigenvalue weighted by atomic mass is 35.5. The van der Waals surface area contributed by atoms with E-state index in [0.717, 1.165) is 6.07 Å². The SMILES string of the molecule is C=C(CCNC(=O)[C@]1(C)Oc2ccc(Cl)cc2C1=O)NC(=O)COc1ccc(Cl)c(F)c1. The Labute approximate surface area is 193 Å². The van der Waals surface area contributed by atoms with Gasteiger partial charge in [0, 0.05) is 29.8 Å². The molecule has 0 bridgehead atoms. The molecule has 32 heavy (non-hydrogen) atoms. The van der Waals surface area contributed by atoms with Gasteiger partial charge in [0.25, 0.3) is 11.8 Å². The van der Waals surface area contributed by atoms with E-state index in [1.54, 1.807) is 6.07 Å². The van der Waals surface area contributed by atoms with Gasteiger partial charge in [0.05, 0.1) is 10.6 Å². The smallest absolute Gasteiger partial charge is 0.272 e. The van der Waals surface area contributed by atoms with Crippen molar-refractivity contribution in [3.8, 4) is 11.5 Å². The largest absolute Gasteiger partial charge is 0.484 e. The standard InChI is InChI=1S/C22H19Cl2FN2O5/c1-12(27-19(28)11-31-14-4-5-16(24)17(25)10-14)7-8-26-21(30)22(2)20(29)15-9-13(23)3-6-18(15)32-22/h3-6,9-10H,1,7-8,11H2,2H3,(H,26,30)(H,27,28)/t22-/m1/s1. The van der Waals surface area contributed by atoms with Gasteiger partial charge >= 0.3 is 0 Å². The minimum atomic E-state index is -1.71. The van der Waals surface area contributed by atoms with Gasteiger partial charge in [0.2, 0.25) is 11.4 Å². The van der Waals surface area contributed by atoms with Crippen molar-refractivity contribution in [1.82, 2.24) is 10.6 Å².